The third kappa shape index (κ3) is 3.94. The van der Waals surface area contributed by atoms with Gasteiger partial charge in [-0.2, -0.15) is 0 Å². The lowest BCUT2D eigenvalue weighted by Crippen LogP contribution is -2.14. The Labute approximate surface area is 165 Å². The highest BCUT2D eigenvalue weighted by molar-refractivity contribution is 7.15. The zero-order chi connectivity index (χ0) is 19.0. The molecule has 27 heavy (non-hydrogen) atoms. The van der Waals surface area contributed by atoms with E-state index >= 15 is 0 Å². The van der Waals surface area contributed by atoms with Crippen LogP contribution in [0.3, 0.4) is 0 Å². The summed E-state index contributed by atoms with van der Waals surface area (Å²) in [6.07, 6.45) is 4.06. The van der Waals surface area contributed by atoms with Crippen LogP contribution < -0.4 is 5.32 Å². The molecule has 5 nitrogen and oxygen atoms in total. The lowest BCUT2D eigenvalue weighted by atomic mass is 9.86. The number of thiazole rings is 2. The van der Waals surface area contributed by atoms with E-state index in [4.69, 9.17) is 0 Å². The Morgan fingerprint density at radius 2 is 1.93 bits per heavy atom. The molecule has 138 valence electrons. The molecule has 0 aliphatic heterocycles. The lowest BCUT2D eigenvalue weighted by molar-refractivity contribution is -0.115. The van der Waals surface area contributed by atoms with Crippen LogP contribution in [-0.2, 0) is 16.6 Å². The van der Waals surface area contributed by atoms with E-state index in [1.54, 1.807) is 11.3 Å². The molecule has 0 aliphatic rings. The molecule has 1 N–H and O–H groups in total. The molecule has 0 fully saturated rings. The first-order valence-electron chi connectivity index (χ1n) is 8.66. The van der Waals surface area contributed by atoms with Gasteiger partial charge < -0.3 is 5.32 Å². The minimum absolute atomic E-state index is 0.107. The van der Waals surface area contributed by atoms with Gasteiger partial charge in [0.2, 0.25) is 5.91 Å². The van der Waals surface area contributed by atoms with Crippen molar-refractivity contribution in [3.63, 3.8) is 0 Å². The van der Waals surface area contributed by atoms with Crippen molar-refractivity contribution in [3.8, 4) is 11.3 Å². The molecule has 0 saturated carbocycles. The third-order valence-electron chi connectivity index (χ3n) is 4.28. The summed E-state index contributed by atoms with van der Waals surface area (Å²) in [7, 11) is 0. The molecule has 0 atom stereocenters. The summed E-state index contributed by atoms with van der Waals surface area (Å²) in [6.45, 7) is 6.59. The van der Waals surface area contributed by atoms with Gasteiger partial charge in [-0.25, -0.2) is 9.97 Å². The fraction of sp³-hybridized carbons (Fsp3) is 0.250. The van der Waals surface area contributed by atoms with E-state index in [-0.39, 0.29) is 17.7 Å². The number of anilines is 1. The molecule has 0 saturated heterocycles. The minimum Gasteiger partial charge on any atom is -0.302 e. The fourth-order valence-electron chi connectivity index (χ4n) is 2.79. The molecule has 4 rings (SSSR count). The van der Waals surface area contributed by atoms with Crippen LogP contribution in [0.15, 0.2) is 47.4 Å². The van der Waals surface area contributed by atoms with Gasteiger partial charge in [-0.05, 0) is 11.0 Å². The van der Waals surface area contributed by atoms with Crippen LogP contribution in [0, 0.1) is 0 Å². The average Bonchev–Trinajstić information content (AvgIpc) is 3.30. The van der Waals surface area contributed by atoms with Crippen molar-refractivity contribution in [2.75, 3.05) is 5.32 Å². The van der Waals surface area contributed by atoms with Crippen LogP contribution in [-0.4, -0.2) is 20.3 Å². The second-order valence-electron chi connectivity index (χ2n) is 7.42. The van der Waals surface area contributed by atoms with Crippen LogP contribution >= 0.6 is 22.7 Å². The number of nitrogens with one attached hydrogen (secondary N) is 1. The zero-order valence-electron chi connectivity index (χ0n) is 15.4. The first kappa shape index (κ1) is 17.9. The highest BCUT2D eigenvalue weighted by atomic mass is 32.1. The summed E-state index contributed by atoms with van der Waals surface area (Å²) < 4.78 is 1.93. The van der Waals surface area contributed by atoms with Gasteiger partial charge in [-0.1, -0.05) is 45.0 Å². The first-order valence-corrected chi connectivity index (χ1v) is 10.4. The van der Waals surface area contributed by atoms with Crippen molar-refractivity contribution in [1.82, 2.24) is 14.4 Å². The molecular weight excluding hydrogens is 376 g/mol. The molecule has 0 radical (unpaired) electrons. The second kappa shape index (κ2) is 6.90. The van der Waals surface area contributed by atoms with E-state index in [1.165, 1.54) is 16.9 Å². The predicted octanol–water partition coefficient (Wildman–Crippen LogP) is 5.00. The average molecular weight is 397 g/mol. The van der Waals surface area contributed by atoms with Gasteiger partial charge >= 0.3 is 0 Å². The summed E-state index contributed by atoms with van der Waals surface area (Å²) in [5.74, 6) is -0.107. The Morgan fingerprint density at radius 3 is 2.63 bits per heavy atom. The van der Waals surface area contributed by atoms with E-state index < -0.39 is 0 Å². The summed E-state index contributed by atoms with van der Waals surface area (Å²) in [5.41, 5.74) is 4.10. The quantitative estimate of drug-likeness (QED) is 0.528. The number of amides is 1. The molecule has 1 amide bonds. The number of nitrogens with zero attached hydrogens (tertiary/aromatic N) is 3. The highest BCUT2D eigenvalue weighted by Gasteiger charge is 2.14. The maximum absolute atomic E-state index is 12.3. The van der Waals surface area contributed by atoms with Crippen molar-refractivity contribution < 1.29 is 4.79 Å². The SMILES string of the molecule is CC(C)(C)c1ccc(-c2csc(NC(=O)Cc3cn4ccsc4n3)n2)cc1. The molecule has 3 aromatic heterocycles. The Bertz CT molecular complexity index is 1050. The summed E-state index contributed by atoms with van der Waals surface area (Å²) >= 11 is 2.99. The van der Waals surface area contributed by atoms with Crippen molar-refractivity contribution in [1.29, 1.82) is 0 Å². The molecular formula is C20H20N4OS2. The normalized spacial score (nSPS) is 11.8. The number of benzene rings is 1. The van der Waals surface area contributed by atoms with Crippen molar-refractivity contribution in [2.24, 2.45) is 0 Å². The summed E-state index contributed by atoms with van der Waals surface area (Å²) in [6, 6.07) is 8.44. The summed E-state index contributed by atoms with van der Waals surface area (Å²) in [5, 5.41) is 7.42. The number of carbonyl (C=O) groups excluding carboxylic acids is 1. The van der Waals surface area contributed by atoms with E-state index in [2.05, 4.69) is 60.3 Å². The van der Waals surface area contributed by atoms with Gasteiger partial charge in [0.15, 0.2) is 10.1 Å². The van der Waals surface area contributed by atoms with Crippen LogP contribution in [0.5, 0.6) is 0 Å². The maximum atomic E-state index is 12.3. The maximum Gasteiger partial charge on any atom is 0.232 e. The molecule has 0 aliphatic carbocycles. The minimum atomic E-state index is -0.107. The predicted molar refractivity (Wildman–Crippen MR) is 112 cm³/mol. The smallest absolute Gasteiger partial charge is 0.232 e. The lowest BCUT2D eigenvalue weighted by Gasteiger charge is -2.18. The topological polar surface area (TPSA) is 59.3 Å². The number of imidazole rings is 1. The second-order valence-corrected chi connectivity index (χ2v) is 9.15. The Balaban J connectivity index is 1.42. The van der Waals surface area contributed by atoms with E-state index in [1.807, 2.05) is 27.6 Å². The molecule has 4 aromatic rings. The molecule has 3 heterocycles. The van der Waals surface area contributed by atoms with Gasteiger partial charge in [0.05, 0.1) is 17.8 Å². The van der Waals surface area contributed by atoms with Gasteiger partial charge in [0.1, 0.15) is 0 Å². The van der Waals surface area contributed by atoms with Gasteiger partial charge in [-0.3, -0.25) is 9.20 Å². The molecule has 1 aromatic carbocycles. The van der Waals surface area contributed by atoms with E-state index in [0.717, 1.165) is 21.9 Å². The van der Waals surface area contributed by atoms with Crippen LogP contribution in [0.1, 0.15) is 32.0 Å². The zero-order valence-corrected chi connectivity index (χ0v) is 17.0. The highest BCUT2D eigenvalue weighted by Crippen LogP contribution is 2.28. The number of rotatable bonds is 4. The Morgan fingerprint density at radius 1 is 1.15 bits per heavy atom. The van der Waals surface area contributed by atoms with Crippen molar-refractivity contribution in [2.45, 2.75) is 32.6 Å². The summed E-state index contributed by atoms with van der Waals surface area (Å²) in [4.78, 5) is 22.2. The number of hydrogen-bond donors (Lipinski definition) is 1. The number of fused-ring (bicyclic) bond motifs is 1. The van der Waals surface area contributed by atoms with Crippen molar-refractivity contribution >= 4 is 38.7 Å². The number of carbonyl (C=O) groups is 1. The van der Waals surface area contributed by atoms with Crippen LogP contribution in [0.2, 0.25) is 0 Å². The standard InChI is InChI=1S/C20H20N4OS2/c1-20(2,3)14-6-4-13(5-7-14)16-12-27-18(22-16)23-17(25)10-15-11-24-8-9-26-19(24)21-15/h4-9,11-12H,10H2,1-3H3,(H,22,23,25). The van der Waals surface area contributed by atoms with E-state index in [9.17, 15) is 4.79 Å². The molecule has 7 heteroatoms. The fourth-order valence-corrected chi connectivity index (χ4v) is 4.25. The Kier molecular flexibility index (Phi) is 4.57. The number of aromatic nitrogens is 3. The van der Waals surface area contributed by atoms with Gasteiger partial charge in [-0.15, -0.1) is 22.7 Å². The van der Waals surface area contributed by atoms with Crippen molar-refractivity contribution in [3.05, 3.63) is 58.7 Å². The first-order chi connectivity index (χ1) is 12.9. The monoisotopic (exact) mass is 396 g/mol. The Hall–Kier alpha value is -2.51. The van der Waals surface area contributed by atoms with Gasteiger partial charge in [0.25, 0.3) is 0 Å². The molecule has 0 unspecified atom stereocenters. The van der Waals surface area contributed by atoms with E-state index in [0.29, 0.717) is 5.13 Å². The van der Waals surface area contributed by atoms with Crippen LogP contribution in [0.4, 0.5) is 5.13 Å². The third-order valence-corrected chi connectivity index (χ3v) is 5.81. The number of hydrogen-bond acceptors (Lipinski definition) is 5. The van der Waals surface area contributed by atoms with Gasteiger partial charge in [0, 0.05) is 28.7 Å². The molecule has 0 spiro atoms. The van der Waals surface area contributed by atoms with Crippen LogP contribution in [0.25, 0.3) is 16.2 Å². The largest absolute Gasteiger partial charge is 0.302 e. The molecule has 0 bridgehead atoms.